The van der Waals surface area contributed by atoms with Crippen molar-refractivity contribution in [2.75, 3.05) is 13.7 Å². The summed E-state index contributed by atoms with van der Waals surface area (Å²) in [5.74, 6) is 0.444. The Hall–Kier alpha value is -1.55. The molecule has 1 N–H and O–H groups in total. The summed E-state index contributed by atoms with van der Waals surface area (Å²) in [4.78, 5) is 3.34. The van der Waals surface area contributed by atoms with Gasteiger partial charge in [0.25, 0.3) is 10.0 Å². The third kappa shape index (κ3) is 5.00. The second kappa shape index (κ2) is 7.99. The van der Waals surface area contributed by atoms with Crippen LogP contribution in [0.4, 0.5) is 13.2 Å². The highest BCUT2D eigenvalue weighted by Crippen LogP contribution is 2.32. The molecule has 2 aromatic rings. The van der Waals surface area contributed by atoms with Gasteiger partial charge in [-0.3, -0.25) is 0 Å². The molecule has 26 heavy (non-hydrogen) atoms. The lowest BCUT2D eigenvalue weighted by molar-refractivity contribution is -0.137. The minimum absolute atomic E-state index is 0.0217. The first kappa shape index (κ1) is 20.8. The summed E-state index contributed by atoms with van der Waals surface area (Å²) in [6.45, 7) is -0.0217. The highest BCUT2D eigenvalue weighted by atomic mass is 35.5. The number of nitrogens with zero attached hydrogens (tertiary/aromatic N) is 1. The standard InChI is InChI=1S/C15H13Cl2F3N2O3S/c1-25-13-6-9(2-3-11(13)16)4-5-22-26(23,24)14-12(17)7-10(8-21-14)15(18,19)20/h2-3,6-8,22H,4-5H2,1H3. The number of halogens is 5. The molecular weight excluding hydrogens is 416 g/mol. The van der Waals surface area contributed by atoms with E-state index in [0.29, 0.717) is 29.5 Å². The first-order valence-electron chi connectivity index (χ1n) is 7.09. The van der Waals surface area contributed by atoms with E-state index in [1.54, 1.807) is 18.2 Å². The number of ether oxygens (including phenoxy) is 1. The van der Waals surface area contributed by atoms with Gasteiger partial charge < -0.3 is 4.74 Å². The van der Waals surface area contributed by atoms with E-state index in [1.165, 1.54) is 7.11 Å². The number of pyridine rings is 1. The fourth-order valence-electron chi connectivity index (χ4n) is 2.04. The maximum absolute atomic E-state index is 12.6. The zero-order valence-corrected chi connectivity index (χ0v) is 15.6. The molecule has 0 aliphatic heterocycles. The van der Waals surface area contributed by atoms with Crippen LogP contribution in [0.5, 0.6) is 5.75 Å². The second-order valence-corrected chi connectivity index (χ2v) is 7.62. The summed E-state index contributed by atoms with van der Waals surface area (Å²) in [7, 11) is -2.71. The molecule has 0 radical (unpaired) electrons. The molecule has 2 rings (SSSR count). The Morgan fingerprint density at radius 2 is 1.88 bits per heavy atom. The average Bonchev–Trinajstić information content (AvgIpc) is 2.55. The number of hydrogen-bond donors (Lipinski definition) is 1. The first-order valence-corrected chi connectivity index (χ1v) is 9.33. The number of benzene rings is 1. The molecular formula is C15H13Cl2F3N2O3S. The van der Waals surface area contributed by atoms with E-state index in [4.69, 9.17) is 27.9 Å². The Morgan fingerprint density at radius 1 is 1.19 bits per heavy atom. The first-order chi connectivity index (χ1) is 12.0. The molecule has 0 aliphatic carbocycles. The second-order valence-electron chi connectivity index (χ2n) is 5.13. The van der Waals surface area contributed by atoms with Gasteiger partial charge in [-0.15, -0.1) is 0 Å². The maximum Gasteiger partial charge on any atom is 0.417 e. The Labute approximate surface area is 158 Å². The fourth-order valence-corrected chi connectivity index (χ4v) is 3.72. The maximum atomic E-state index is 12.6. The summed E-state index contributed by atoms with van der Waals surface area (Å²) in [6.07, 6.45) is -3.95. The largest absolute Gasteiger partial charge is 0.495 e. The molecule has 0 bridgehead atoms. The number of rotatable bonds is 6. The molecule has 5 nitrogen and oxygen atoms in total. The summed E-state index contributed by atoms with van der Waals surface area (Å²) >= 11 is 11.6. The number of sulfonamides is 1. The van der Waals surface area contributed by atoms with Crippen molar-refractivity contribution in [3.05, 3.63) is 51.6 Å². The highest BCUT2D eigenvalue weighted by molar-refractivity contribution is 7.89. The van der Waals surface area contributed by atoms with Crippen LogP contribution in [0.2, 0.25) is 10.0 Å². The normalized spacial score (nSPS) is 12.2. The Morgan fingerprint density at radius 3 is 2.46 bits per heavy atom. The Kier molecular flexibility index (Phi) is 6.38. The molecule has 11 heteroatoms. The van der Waals surface area contributed by atoms with Crippen molar-refractivity contribution in [1.82, 2.24) is 9.71 Å². The van der Waals surface area contributed by atoms with Crippen LogP contribution in [-0.4, -0.2) is 27.1 Å². The van der Waals surface area contributed by atoms with Gasteiger partial charge in [0.1, 0.15) is 5.75 Å². The highest BCUT2D eigenvalue weighted by Gasteiger charge is 2.33. The van der Waals surface area contributed by atoms with E-state index in [-0.39, 0.29) is 6.54 Å². The van der Waals surface area contributed by atoms with Crippen LogP contribution in [0.15, 0.2) is 35.5 Å². The summed E-state index contributed by atoms with van der Waals surface area (Å²) < 4.78 is 69.5. The van der Waals surface area contributed by atoms with E-state index >= 15 is 0 Å². The van der Waals surface area contributed by atoms with Crippen molar-refractivity contribution in [3.63, 3.8) is 0 Å². The monoisotopic (exact) mass is 428 g/mol. The van der Waals surface area contributed by atoms with Crippen LogP contribution in [0, 0.1) is 0 Å². The van der Waals surface area contributed by atoms with Gasteiger partial charge in [0.15, 0.2) is 5.03 Å². The SMILES string of the molecule is COc1cc(CCNS(=O)(=O)c2ncc(C(F)(F)F)cc2Cl)ccc1Cl. The fraction of sp³-hybridized carbons (Fsp3) is 0.267. The molecule has 0 aliphatic rings. The van der Waals surface area contributed by atoms with Gasteiger partial charge in [0.2, 0.25) is 0 Å². The van der Waals surface area contributed by atoms with Crippen LogP contribution in [-0.2, 0) is 22.6 Å². The minimum Gasteiger partial charge on any atom is -0.495 e. The van der Waals surface area contributed by atoms with Gasteiger partial charge in [-0.2, -0.15) is 13.2 Å². The van der Waals surface area contributed by atoms with Crippen LogP contribution in [0.25, 0.3) is 0 Å². The number of aromatic nitrogens is 1. The van der Waals surface area contributed by atoms with E-state index in [0.717, 1.165) is 5.56 Å². The Bertz CT molecular complexity index is 905. The third-order valence-corrected chi connectivity index (χ3v) is 5.44. The summed E-state index contributed by atoms with van der Waals surface area (Å²) in [5, 5.41) is -0.862. The topological polar surface area (TPSA) is 68.3 Å². The molecule has 1 aromatic carbocycles. The molecule has 0 fully saturated rings. The van der Waals surface area contributed by atoms with Gasteiger partial charge in [0, 0.05) is 12.7 Å². The van der Waals surface area contributed by atoms with Gasteiger partial charge in [-0.05, 0) is 30.2 Å². The van der Waals surface area contributed by atoms with Crippen molar-refractivity contribution in [2.24, 2.45) is 0 Å². The molecule has 1 aromatic heterocycles. The van der Waals surface area contributed by atoms with E-state index in [9.17, 15) is 21.6 Å². The molecule has 0 unspecified atom stereocenters. The predicted octanol–water partition coefficient (Wildman–Crippen LogP) is 3.94. The van der Waals surface area contributed by atoms with Crippen molar-refractivity contribution in [1.29, 1.82) is 0 Å². The van der Waals surface area contributed by atoms with Gasteiger partial charge in [-0.1, -0.05) is 29.3 Å². The Balaban J connectivity index is 2.10. The lowest BCUT2D eigenvalue weighted by Crippen LogP contribution is -2.27. The summed E-state index contributed by atoms with van der Waals surface area (Å²) in [6, 6.07) is 5.48. The summed E-state index contributed by atoms with van der Waals surface area (Å²) in [5.41, 5.74) is -0.380. The van der Waals surface area contributed by atoms with Gasteiger partial charge in [-0.25, -0.2) is 18.1 Å². The minimum atomic E-state index is -4.67. The van der Waals surface area contributed by atoms with Crippen molar-refractivity contribution in [2.45, 2.75) is 17.6 Å². The van der Waals surface area contributed by atoms with Crippen LogP contribution in [0.3, 0.4) is 0 Å². The zero-order chi connectivity index (χ0) is 19.5. The molecule has 0 saturated carbocycles. The van der Waals surface area contributed by atoms with E-state index < -0.39 is 31.8 Å². The smallest absolute Gasteiger partial charge is 0.417 e. The zero-order valence-electron chi connectivity index (χ0n) is 13.3. The van der Waals surface area contributed by atoms with Crippen molar-refractivity contribution in [3.8, 4) is 5.75 Å². The molecule has 1 heterocycles. The predicted molar refractivity (Wildman–Crippen MR) is 91.1 cm³/mol. The number of methoxy groups -OCH3 is 1. The number of hydrogen-bond acceptors (Lipinski definition) is 4. The lowest BCUT2D eigenvalue weighted by atomic mass is 10.1. The molecule has 0 saturated heterocycles. The van der Waals surface area contributed by atoms with E-state index in [2.05, 4.69) is 9.71 Å². The molecule has 0 atom stereocenters. The lowest BCUT2D eigenvalue weighted by Gasteiger charge is -2.11. The van der Waals surface area contributed by atoms with Crippen molar-refractivity contribution < 1.29 is 26.3 Å². The number of nitrogens with one attached hydrogen (secondary N) is 1. The molecule has 142 valence electrons. The van der Waals surface area contributed by atoms with Gasteiger partial charge >= 0.3 is 6.18 Å². The van der Waals surface area contributed by atoms with Crippen LogP contribution >= 0.6 is 23.2 Å². The quantitative estimate of drug-likeness (QED) is 0.756. The molecule has 0 amide bonds. The van der Waals surface area contributed by atoms with Gasteiger partial charge in [0.05, 0.1) is 22.7 Å². The third-order valence-electron chi connectivity index (χ3n) is 3.31. The van der Waals surface area contributed by atoms with E-state index in [1.807, 2.05) is 0 Å². The van der Waals surface area contributed by atoms with Crippen molar-refractivity contribution >= 4 is 33.2 Å². The average molecular weight is 429 g/mol. The van der Waals surface area contributed by atoms with Crippen LogP contribution < -0.4 is 9.46 Å². The van der Waals surface area contributed by atoms with Crippen LogP contribution in [0.1, 0.15) is 11.1 Å². The number of alkyl halides is 3. The molecule has 0 spiro atoms.